The molecular weight excluding hydrogens is 278 g/mol. The molecular formula is C17H35N3O2. The maximum absolute atomic E-state index is 11.9. The van der Waals surface area contributed by atoms with E-state index in [0.717, 1.165) is 25.4 Å². The predicted octanol–water partition coefficient (Wildman–Crippen LogP) is 2.20. The summed E-state index contributed by atoms with van der Waals surface area (Å²) in [5.41, 5.74) is -0.0120. The van der Waals surface area contributed by atoms with Gasteiger partial charge < -0.3 is 15.7 Å². The van der Waals surface area contributed by atoms with Crippen molar-refractivity contribution >= 4 is 6.03 Å². The quantitative estimate of drug-likeness (QED) is 0.644. The molecule has 1 aliphatic heterocycles. The molecule has 0 aliphatic carbocycles. The lowest BCUT2D eigenvalue weighted by atomic mass is 9.91. The first kappa shape index (κ1) is 19.2. The first-order valence-electron chi connectivity index (χ1n) is 8.76. The van der Waals surface area contributed by atoms with E-state index in [0.29, 0.717) is 19.0 Å². The van der Waals surface area contributed by atoms with Crippen molar-refractivity contribution in [2.45, 2.75) is 58.9 Å². The molecule has 1 heterocycles. The summed E-state index contributed by atoms with van der Waals surface area (Å²) in [6.07, 6.45) is 4.55. The molecule has 0 aromatic carbocycles. The van der Waals surface area contributed by atoms with E-state index in [9.17, 15) is 4.79 Å². The van der Waals surface area contributed by atoms with Crippen LogP contribution >= 0.6 is 0 Å². The molecule has 2 atom stereocenters. The molecule has 130 valence electrons. The van der Waals surface area contributed by atoms with Gasteiger partial charge in [0.2, 0.25) is 0 Å². The molecule has 2 amide bonds. The molecule has 22 heavy (non-hydrogen) atoms. The summed E-state index contributed by atoms with van der Waals surface area (Å²) in [7, 11) is 0. The minimum Gasteiger partial charge on any atom is -0.396 e. The molecule has 1 fully saturated rings. The van der Waals surface area contributed by atoms with Gasteiger partial charge in [0.25, 0.3) is 0 Å². The fourth-order valence-corrected chi connectivity index (χ4v) is 3.01. The number of carbonyl (C=O) groups is 1. The summed E-state index contributed by atoms with van der Waals surface area (Å²) in [5, 5.41) is 14.7. The van der Waals surface area contributed by atoms with Crippen LogP contribution in [0.25, 0.3) is 0 Å². The van der Waals surface area contributed by atoms with Gasteiger partial charge in [0, 0.05) is 31.8 Å². The summed E-state index contributed by atoms with van der Waals surface area (Å²) >= 11 is 0. The van der Waals surface area contributed by atoms with Crippen molar-refractivity contribution in [2.24, 2.45) is 11.8 Å². The van der Waals surface area contributed by atoms with Crippen molar-refractivity contribution in [3.8, 4) is 0 Å². The summed E-state index contributed by atoms with van der Waals surface area (Å²) < 4.78 is 0. The molecule has 0 saturated carbocycles. The lowest BCUT2D eigenvalue weighted by molar-refractivity contribution is 0.0665. The van der Waals surface area contributed by atoms with Crippen LogP contribution in [0.1, 0.15) is 53.4 Å². The average Bonchev–Trinajstić information content (AvgIpc) is 2.51. The van der Waals surface area contributed by atoms with Gasteiger partial charge in [-0.15, -0.1) is 0 Å². The smallest absolute Gasteiger partial charge is 0.314 e. The Hall–Kier alpha value is -0.810. The van der Waals surface area contributed by atoms with E-state index >= 15 is 0 Å². The zero-order valence-corrected chi connectivity index (χ0v) is 14.8. The second-order valence-electron chi connectivity index (χ2n) is 7.36. The maximum atomic E-state index is 11.9. The lowest BCUT2D eigenvalue weighted by Gasteiger charge is -2.43. The number of likely N-dealkylation sites (tertiary alicyclic amines) is 1. The third kappa shape index (κ3) is 6.53. The minimum atomic E-state index is -0.109. The first-order chi connectivity index (χ1) is 10.4. The molecule has 0 aromatic heterocycles. The highest BCUT2D eigenvalue weighted by Gasteiger charge is 2.31. The van der Waals surface area contributed by atoms with Gasteiger partial charge >= 0.3 is 6.03 Å². The van der Waals surface area contributed by atoms with Crippen molar-refractivity contribution in [2.75, 3.05) is 32.8 Å². The number of urea groups is 1. The fraction of sp³-hybridized carbons (Fsp3) is 0.941. The highest BCUT2D eigenvalue weighted by atomic mass is 16.3. The van der Waals surface area contributed by atoms with Crippen LogP contribution in [0.15, 0.2) is 0 Å². The molecule has 0 bridgehead atoms. The van der Waals surface area contributed by atoms with Gasteiger partial charge in [0.05, 0.1) is 0 Å². The van der Waals surface area contributed by atoms with Gasteiger partial charge in [0.1, 0.15) is 0 Å². The second-order valence-corrected chi connectivity index (χ2v) is 7.36. The van der Waals surface area contributed by atoms with Crippen LogP contribution < -0.4 is 10.6 Å². The minimum absolute atomic E-state index is 0.0120. The Morgan fingerprint density at radius 3 is 2.77 bits per heavy atom. The van der Waals surface area contributed by atoms with Crippen LogP contribution in [-0.2, 0) is 0 Å². The molecule has 1 aliphatic rings. The Labute approximate surface area is 135 Å². The topological polar surface area (TPSA) is 64.6 Å². The lowest BCUT2D eigenvalue weighted by Crippen LogP contribution is -2.56. The number of nitrogens with zero attached hydrogens (tertiary/aromatic N) is 1. The Bertz CT molecular complexity index is 334. The Morgan fingerprint density at radius 2 is 2.14 bits per heavy atom. The van der Waals surface area contributed by atoms with Crippen LogP contribution in [0, 0.1) is 11.8 Å². The molecule has 3 N–H and O–H groups in total. The summed E-state index contributed by atoms with van der Waals surface area (Å²) in [4.78, 5) is 14.4. The Morgan fingerprint density at radius 1 is 1.41 bits per heavy atom. The van der Waals surface area contributed by atoms with Crippen molar-refractivity contribution < 1.29 is 9.90 Å². The number of hydrogen-bond donors (Lipinski definition) is 3. The van der Waals surface area contributed by atoms with E-state index in [4.69, 9.17) is 5.11 Å². The van der Waals surface area contributed by atoms with Crippen molar-refractivity contribution in [1.29, 1.82) is 0 Å². The standard InChI is InChI=1S/C17H35N3O2/c1-5-15-7-6-9-20(12-15)17(3,4)13-19-16(22)18-11-14(2)8-10-21/h14-15,21H,5-13H2,1-4H3,(H2,18,19,22). The largest absolute Gasteiger partial charge is 0.396 e. The number of hydrogen-bond acceptors (Lipinski definition) is 3. The molecule has 0 spiro atoms. The number of rotatable bonds is 8. The normalized spacial score (nSPS) is 21.4. The SMILES string of the molecule is CCC1CCCN(C(C)(C)CNC(=O)NCC(C)CCO)C1. The van der Waals surface area contributed by atoms with Crippen molar-refractivity contribution in [1.82, 2.24) is 15.5 Å². The van der Waals surface area contributed by atoms with Crippen molar-refractivity contribution in [3.05, 3.63) is 0 Å². The van der Waals surface area contributed by atoms with E-state index < -0.39 is 0 Å². The van der Waals surface area contributed by atoms with Gasteiger partial charge in [-0.3, -0.25) is 4.90 Å². The van der Waals surface area contributed by atoms with Crippen LogP contribution in [-0.4, -0.2) is 54.4 Å². The molecule has 5 heteroatoms. The van der Waals surface area contributed by atoms with Crippen LogP contribution in [0.2, 0.25) is 0 Å². The number of carbonyl (C=O) groups excluding carboxylic acids is 1. The third-order valence-electron chi connectivity index (χ3n) is 4.87. The zero-order chi connectivity index (χ0) is 16.6. The van der Waals surface area contributed by atoms with Crippen LogP contribution in [0.3, 0.4) is 0 Å². The monoisotopic (exact) mass is 313 g/mol. The third-order valence-corrected chi connectivity index (χ3v) is 4.87. The molecule has 1 rings (SSSR count). The highest BCUT2D eigenvalue weighted by Crippen LogP contribution is 2.25. The molecule has 0 radical (unpaired) electrons. The maximum Gasteiger partial charge on any atom is 0.314 e. The second kappa shape index (κ2) is 9.36. The summed E-state index contributed by atoms with van der Waals surface area (Å²) in [5.74, 6) is 1.09. The Balaban J connectivity index is 2.33. The van der Waals surface area contributed by atoms with E-state index in [1.165, 1.54) is 19.3 Å². The highest BCUT2D eigenvalue weighted by molar-refractivity contribution is 5.73. The van der Waals surface area contributed by atoms with Gasteiger partial charge in [-0.05, 0) is 51.5 Å². The molecule has 5 nitrogen and oxygen atoms in total. The fourth-order valence-electron chi connectivity index (χ4n) is 3.01. The van der Waals surface area contributed by atoms with E-state index in [-0.39, 0.29) is 18.2 Å². The van der Waals surface area contributed by atoms with E-state index in [1.807, 2.05) is 6.92 Å². The first-order valence-corrected chi connectivity index (χ1v) is 8.76. The number of aliphatic hydroxyl groups excluding tert-OH is 1. The zero-order valence-electron chi connectivity index (χ0n) is 14.8. The molecule has 1 saturated heterocycles. The van der Waals surface area contributed by atoms with Gasteiger partial charge in [-0.1, -0.05) is 20.3 Å². The summed E-state index contributed by atoms with van der Waals surface area (Å²) in [6.45, 7) is 12.4. The van der Waals surface area contributed by atoms with Crippen molar-refractivity contribution in [3.63, 3.8) is 0 Å². The molecule has 0 aromatic rings. The Kier molecular flexibility index (Phi) is 8.18. The van der Waals surface area contributed by atoms with Gasteiger partial charge in [0.15, 0.2) is 0 Å². The van der Waals surface area contributed by atoms with Gasteiger partial charge in [-0.25, -0.2) is 4.79 Å². The number of amides is 2. The van der Waals surface area contributed by atoms with Crippen LogP contribution in [0.4, 0.5) is 4.79 Å². The number of nitrogens with one attached hydrogen (secondary N) is 2. The summed E-state index contributed by atoms with van der Waals surface area (Å²) in [6, 6.07) is -0.109. The van der Waals surface area contributed by atoms with Gasteiger partial charge in [-0.2, -0.15) is 0 Å². The number of piperidine rings is 1. The van der Waals surface area contributed by atoms with E-state index in [2.05, 4.69) is 36.3 Å². The number of aliphatic hydroxyl groups is 1. The van der Waals surface area contributed by atoms with E-state index in [1.54, 1.807) is 0 Å². The predicted molar refractivity (Wildman–Crippen MR) is 90.9 cm³/mol. The average molecular weight is 313 g/mol. The molecule has 2 unspecified atom stereocenters. The van der Waals surface area contributed by atoms with Crippen LogP contribution in [0.5, 0.6) is 0 Å².